The van der Waals surface area contributed by atoms with Crippen molar-refractivity contribution in [2.75, 3.05) is 0 Å². The lowest BCUT2D eigenvalue weighted by Crippen LogP contribution is -2.48. The van der Waals surface area contributed by atoms with Gasteiger partial charge < -0.3 is 15.5 Å². The fourth-order valence-corrected chi connectivity index (χ4v) is 8.67. The lowest BCUT2D eigenvalue weighted by molar-refractivity contribution is -0.139. The highest BCUT2D eigenvalue weighted by Gasteiger charge is 2.56. The molecule has 1 amide bonds. The Morgan fingerprint density at radius 1 is 1.15 bits per heavy atom. The molecule has 4 rings (SSSR count). The van der Waals surface area contributed by atoms with Gasteiger partial charge in [0.2, 0.25) is 5.91 Å². The van der Waals surface area contributed by atoms with Crippen LogP contribution in [0.3, 0.4) is 0 Å². The molecule has 3 saturated carbocycles. The molecule has 0 bridgehead atoms. The van der Waals surface area contributed by atoms with Crippen LogP contribution in [0.2, 0.25) is 0 Å². The molecule has 0 aromatic rings. The topological polar surface area (TPSA) is 86.6 Å². The smallest absolute Gasteiger partial charge is 0.303 e. The van der Waals surface area contributed by atoms with E-state index < -0.39 is 11.6 Å². The second-order valence-corrected chi connectivity index (χ2v) is 13.1. The van der Waals surface area contributed by atoms with Crippen molar-refractivity contribution in [3.8, 4) is 0 Å². The first-order valence-corrected chi connectivity index (χ1v) is 13.9. The minimum atomic E-state index is -0.912. The Balaban J connectivity index is 1.38. The Morgan fingerprint density at radius 2 is 1.91 bits per heavy atom. The molecule has 0 aromatic carbocycles. The molecule has 0 spiro atoms. The third-order valence-electron chi connectivity index (χ3n) is 10.3. The molecular formula is C29H47NO4. The number of carbonyl (C=O) groups is 2. The van der Waals surface area contributed by atoms with Crippen molar-refractivity contribution < 1.29 is 19.8 Å². The average Bonchev–Trinajstić information content (AvgIpc) is 3.12. The number of hydrogen-bond donors (Lipinski definition) is 3. The molecule has 0 aromatic heterocycles. The predicted molar refractivity (Wildman–Crippen MR) is 134 cm³/mol. The molecule has 8 atom stereocenters. The Hall–Kier alpha value is -1.36. The Bertz CT molecular complexity index is 798. The summed E-state index contributed by atoms with van der Waals surface area (Å²) in [5.41, 5.74) is 1.44. The van der Waals surface area contributed by atoms with Gasteiger partial charge in [-0.3, -0.25) is 9.59 Å². The highest BCUT2D eigenvalue weighted by atomic mass is 16.4. The quantitative estimate of drug-likeness (QED) is 0.394. The SMILES string of the molecule is CC(CCC(C)(C)O)C1CCC2C3CC=C4CC(NC(=O)CCC(=O)O)CCC4C3CCC12C. The summed E-state index contributed by atoms with van der Waals surface area (Å²) < 4.78 is 0. The first kappa shape index (κ1) is 25.7. The number of amides is 1. The minimum absolute atomic E-state index is 0.0780. The molecule has 0 heterocycles. The monoisotopic (exact) mass is 473 g/mol. The number of aliphatic carboxylic acids is 1. The number of nitrogens with one attached hydrogen (secondary N) is 1. The van der Waals surface area contributed by atoms with E-state index in [1.54, 1.807) is 5.57 Å². The van der Waals surface area contributed by atoms with Crippen molar-refractivity contribution in [1.29, 1.82) is 0 Å². The summed E-state index contributed by atoms with van der Waals surface area (Å²) >= 11 is 0. The molecule has 3 fully saturated rings. The molecule has 4 aliphatic carbocycles. The number of carboxylic acids is 1. The maximum atomic E-state index is 12.1. The van der Waals surface area contributed by atoms with E-state index in [1.807, 2.05) is 13.8 Å². The van der Waals surface area contributed by atoms with Crippen molar-refractivity contribution in [2.24, 2.45) is 40.9 Å². The van der Waals surface area contributed by atoms with Gasteiger partial charge in [-0.25, -0.2) is 0 Å². The van der Waals surface area contributed by atoms with Crippen LogP contribution in [0.15, 0.2) is 11.6 Å². The van der Waals surface area contributed by atoms with Crippen LogP contribution in [-0.4, -0.2) is 33.7 Å². The van der Waals surface area contributed by atoms with Crippen LogP contribution in [0.1, 0.15) is 105 Å². The van der Waals surface area contributed by atoms with Gasteiger partial charge >= 0.3 is 5.97 Å². The highest BCUT2D eigenvalue weighted by Crippen LogP contribution is 2.64. The highest BCUT2D eigenvalue weighted by molar-refractivity contribution is 5.80. The number of aliphatic hydroxyl groups is 1. The summed E-state index contributed by atoms with van der Waals surface area (Å²) in [4.78, 5) is 22.9. The molecule has 5 nitrogen and oxygen atoms in total. The minimum Gasteiger partial charge on any atom is -0.481 e. The molecule has 8 unspecified atom stereocenters. The van der Waals surface area contributed by atoms with E-state index in [-0.39, 0.29) is 24.8 Å². The number of hydrogen-bond acceptors (Lipinski definition) is 3. The van der Waals surface area contributed by atoms with E-state index in [4.69, 9.17) is 5.11 Å². The van der Waals surface area contributed by atoms with Crippen LogP contribution in [0.4, 0.5) is 0 Å². The predicted octanol–water partition coefficient (Wildman–Crippen LogP) is 5.71. The number of allylic oxidation sites excluding steroid dienone is 1. The van der Waals surface area contributed by atoms with E-state index in [1.165, 1.54) is 32.1 Å². The molecule has 0 saturated heterocycles. The molecule has 0 aliphatic heterocycles. The van der Waals surface area contributed by atoms with E-state index in [9.17, 15) is 14.7 Å². The zero-order valence-electron chi connectivity index (χ0n) is 21.8. The van der Waals surface area contributed by atoms with Crippen molar-refractivity contribution in [2.45, 2.75) is 116 Å². The van der Waals surface area contributed by atoms with Gasteiger partial charge in [-0.05, 0) is 119 Å². The molecule has 192 valence electrons. The Kier molecular flexibility index (Phi) is 7.53. The van der Waals surface area contributed by atoms with Gasteiger partial charge in [-0.2, -0.15) is 0 Å². The summed E-state index contributed by atoms with van der Waals surface area (Å²) in [7, 11) is 0. The number of carbonyl (C=O) groups excluding carboxylic acids is 1. The van der Waals surface area contributed by atoms with E-state index in [0.29, 0.717) is 17.3 Å². The zero-order chi connectivity index (χ0) is 24.7. The number of fused-ring (bicyclic) bond motifs is 5. The number of carboxylic acid groups (broad SMARTS) is 1. The van der Waals surface area contributed by atoms with Crippen LogP contribution in [0.5, 0.6) is 0 Å². The van der Waals surface area contributed by atoms with Gasteiger partial charge in [-0.1, -0.05) is 25.5 Å². The molecule has 34 heavy (non-hydrogen) atoms. The van der Waals surface area contributed by atoms with Crippen molar-refractivity contribution in [3.05, 3.63) is 11.6 Å². The van der Waals surface area contributed by atoms with Gasteiger partial charge in [0.15, 0.2) is 0 Å². The molecule has 0 radical (unpaired) electrons. The first-order valence-electron chi connectivity index (χ1n) is 13.9. The van der Waals surface area contributed by atoms with Gasteiger partial charge in [-0.15, -0.1) is 0 Å². The van der Waals surface area contributed by atoms with Gasteiger partial charge in [0.05, 0.1) is 12.0 Å². The Labute approximate surface area is 206 Å². The third-order valence-corrected chi connectivity index (χ3v) is 10.3. The third kappa shape index (κ3) is 5.39. The number of rotatable bonds is 8. The Morgan fingerprint density at radius 3 is 2.62 bits per heavy atom. The first-order chi connectivity index (χ1) is 16.0. The normalized spacial score (nSPS) is 38.2. The summed E-state index contributed by atoms with van der Waals surface area (Å²) in [6, 6.07) is 0.168. The molecule has 5 heteroatoms. The van der Waals surface area contributed by atoms with Gasteiger partial charge in [0, 0.05) is 12.5 Å². The second kappa shape index (κ2) is 9.95. The zero-order valence-corrected chi connectivity index (χ0v) is 21.8. The van der Waals surface area contributed by atoms with E-state index in [2.05, 4.69) is 25.2 Å². The fraction of sp³-hybridized carbons (Fsp3) is 0.862. The van der Waals surface area contributed by atoms with Gasteiger partial charge in [0.1, 0.15) is 0 Å². The van der Waals surface area contributed by atoms with Crippen molar-refractivity contribution in [1.82, 2.24) is 5.32 Å². The lowest BCUT2D eigenvalue weighted by Gasteiger charge is -2.54. The van der Waals surface area contributed by atoms with Crippen LogP contribution >= 0.6 is 0 Å². The maximum absolute atomic E-state index is 12.1. The van der Waals surface area contributed by atoms with E-state index in [0.717, 1.165) is 55.8 Å². The standard InChI is InChI=1S/C29H47NO4/c1-18(13-15-28(2,3)34)24-9-10-25-23-7-5-19-17-20(30-26(31)11-12-27(32)33)6-8-21(19)22(23)14-16-29(24,25)4/h5,18,20-25,34H,6-17H2,1-4H3,(H,30,31)(H,32,33). The second-order valence-electron chi connectivity index (χ2n) is 13.1. The summed E-state index contributed by atoms with van der Waals surface area (Å²) in [5.74, 6) is 3.53. The van der Waals surface area contributed by atoms with Crippen LogP contribution in [0, 0.1) is 40.9 Å². The summed E-state index contributed by atoms with van der Waals surface area (Å²) in [6.07, 6.45) is 14.2. The van der Waals surface area contributed by atoms with Crippen molar-refractivity contribution >= 4 is 11.9 Å². The van der Waals surface area contributed by atoms with Gasteiger partial charge in [0.25, 0.3) is 0 Å². The fourth-order valence-electron chi connectivity index (χ4n) is 8.67. The molecule has 3 N–H and O–H groups in total. The van der Waals surface area contributed by atoms with Crippen LogP contribution in [0.25, 0.3) is 0 Å². The summed E-state index contributed by atoms with van der Waals surface area (Å²) in [5, 5.41) is 22.2. The van der Waals surface area contributed by atoms with Crippen molar-refractivity contribution in [3.63, 3.8) is 0 Å². The summed E-state index contributed by atoms with van der Waals surface area (Å²) in [6.45, 7) is 8.90. The van der Waals surface area contributed by atoms with Crippen LogP contribution in [-0.2, 0) is 9.59 Å². The van der Waals surface area contributed by atoms with Crippen LogP contribution < -0.4 is 5.32 Å². The molecule has 4 aliphatic rings. The largest absolute Gasteiger partial charge is 0.481 e. The molecular weight excluding hydrogens is 426 g/mol. The lowest BCUT2D eigenvalue weighted by atomic mass is 9.51. The maximum Gasteiger partial charge on any atom is 0.303 e. The average molecular weight is 474 g/mol. The van der Waals surface area contributed by atoms with E-state index >= 15 is 0 Å².